The highest BCUT2D eigenvalue weighted by Crippen LogP contribution is 2.34. The largest absolute Gasteiger partial charge is 0.385 e. The number of benzene rings is 3. The van der Waals surface area contributed by atoms with E-state index in [1.54, 1.807) is 60.7 Å². The molecule has 0 fully saturated rings. The Bertz CT molecular complexity index is 936. The number of aliphatic hydroxyl groups is 1. The van der Waals surface area contributed by atoms with Crippen molar-refractivity contribution >= 4 is 10.1 Å². The predicted octanol–water partition coefficient (Wildman–Crippen LogP) is 4.18. The molecule has 134 valence electrons. The molecule has 0 radical (unpaired) electrons. The van der Waals surface area contributed by atoms with E-state index >= 15 is 0 Å². The fourth-order valence-electron chi connectivity index (χ4n) is 2.66. The van der Waals surface area contributed by atoms with Crippen molar-refractivity contribution in [3.63, 3.8) is 0 Å². The predicted molar refractivity (Wildman–Crippen MR) is 100 cm³/mol. The summed E-state index contributed by atoms with van der Waals surface area (Å²) in [6, 6.07) is 24.2. The molecule has 0 unspecified atom stereocenters. The van der Waals surface area contributed by atoms with E-state index in [1.165, 1.54) is 12.1 Å². The summed E-state index contributed by atoms with van der Waals surface area (Å²) in [4.78, 5) is 0.0595. The number of hydrogen-bond donors (Lipinski definition) is 1. The van der Waals surface area contributed by atoms with Gasteiger partial charge in [0.1, 0.15) is 12.2 Å². The number of aryl methyl sites for hydroxylation is 1. The van der Waals surface area contributed by atoms with Crippen molar-refractivity contribution in [3.8, 4) is 0 Å². The second kappa shape index (κ2) is 7.83. The van der Waals surface area contributed by atoms with Crippen LogP contribution in [-0.4, -0.2) is 13.5 Å². The van der Waals surface area contributed by atoms with E-state index in [1.807, 2.05) is 19.1 Å². The van der Waals surface area contributed by atoms with E-state index in [2.05, 4.69) is 0 Å². The van der Waals surface area contributed by atoms with Crippen LogP contribution in [0.4, 0.5) is 0 Å². The van der Waals surface area contributed by atoms with Gasteiger partial charge in [-0.15, -0.1) is 0 Å². The summed E-state index contributed by atoms with van der Waals surface area (Å²) in [5.74, 6) is 0. The smallest absolute Gasteiger partial charge is 0.297 e. The van der Waals surface area contributed by atoms with Crippen LogP contribution in [0.25, 0.3) is 0 Å². The first kappa shape index (κ1) is 18.3. The van der Waals surface area contributed by atoms with Gasteiger partial charge in [-0.3, -0.25) is 4.18 Å². The van der Waals surface area contributed by atoms with Gasteiger partial charge >= 0.3 is 0 Å². The average molecular weight is 368 g/mol. The third-order valence-corrected chi connectivity index (χ3v) is 5.41. The van der Waals surface area contributed by atoms with Gasteiger partial charge in [0.25, 0.3) is 10.1 Å². The summed E-state index contributed by atoms with van der Waals surface area (Å²) in [7, 11) is -4.04. The molecule has 26 heavy (non-hydrogen) atoms. The van der Waals surface area contributed by atoms with Crippen LogP contribution < -0.4 is 0 Å². The Kier molecular flexibility index (Phi) is 5.52. The third kappa shape index (κ3) is 4.19. The summed E-state index contributed by atoms with van der Waals surface area (Å²) in [5, 5.41) is 10.8. The molecule has 0 aliphatic rings. The molecule has 0 saturated carbocycles. The van der Waals surface area contributed by atoms with Gasteiger partial charge < -0.3 is 5.11 Å². The van der Waals surface area contributed by atoms with Gasteiger partial charge in [-0.05, 0) is 30.2 Å². The third-order valence-electron chi connectivity index (χ3n) is 4.10. The fraction of sp³-hybridized carbons (Fsp3) is 0.143. The van der Waals surface area contributed by atoms with Crippen LogP contribution in [0.1, 0.15) is 28.9 Å². The lowest BCUT2D eigenvalue weighted by Crippen LogP contribution is -2.19. The Morgan fingerprint density at radius 3 is 1.81 bits per heavy atom. The minimum absolute atomic E-state index is 0.0595. The van der Waals surface area contributed by atoms with Gasteiger partial charge in [0.2, 0.25) is 0 Å². The zero-order chi connectivity index (χ0) is 18.6. The van der Waals surface area contributed by atoms with Gasteiger partial charge in [-0.1, -0.05) is 78.4 Å². The number of hydrogen-bond acceptors (Lipinski definition) is 4. The van der Waals surface area contributed by atoms with Crippen LogP contribution in [0, 0.1) is 6.92 Å². The van der Waals surface area contributed by atoms with Crippen molar-refractivity contribution in [2.75, 3.05) is 0 Å². The lowest BCUT2D eigenvalue weighted by molar-refractivity contribution is 0.0385. The van der Waals surface area contributed by atoms with Crippen molar-refractivity contribution in [2.45, 2.75) is 24.0 Å². The van der Waals surface area contributed by atoms with Crippen LogP contribution in [-0.2, 0) is 14.3 Å². The van der Waals surface area contributed by atoms with Crippen LogP contribution >= 0.6 is 0 Å². The summed E-state index contributed by atoms with van der Waals surface area (Å²) in [5.41, 5.74) is 2.12. The van der Waals surface area contributed by atoms with Crippen molar-refractivity contribution in [1.82, 2.24) is 0 Å². The molecule has 0 aromatic heterocycles. The van der Waals surface area contributed by atoms with E-state index < -0.39 is 22.3 Å². The van der Waals surface area contributed by atoms with Crippen molar-refractivity contribution in [3.05, 3.63) is 102 Å². The second-order valence-corrected chi connectivity index (χ2v) is 7.62. The van der Waals surface area contributed by atoms with Crippen molar-refractivity contribution in [2.24, 2.45) is 0 Å². The number of rotatable bonds is 6. The molecular formula is C21H20O4S. The van der Waals surface area contributed by atoms with Crippen LogP contribution in [0.3, 0.4) is 0 Å². The van der Waals surface area contributed by atoms with E-state index in [4.69, 9.17) is 4.18 Å². The average Bonchev–Trinajstić information content (AvgIpc) is 2.67. The Morgan fingerprint density at radius 2 is 1.27 bits per heavy atom. The van der Waals surface area contributed by atoms with Gasteiger partial charge in [-0.25, -0.2) is 0 Å². The molecule has 4 nitrogen and oxygen atoms in total. The lowest BCUT2D eigenvalue weighted by Gasteiger charge is -2.23. The van der Waals surface area contributed by atoms with Gasteiger partial charge in [0, 0.05) is 0 Å². The molecule has 5 heteroatoms. The zero-order valence-corrected chi connectivity index (χ0v) is 15.1. The normalized spacial score (nSPS) is 13.9. The Labute approximate surface area is 153 Å². The van der Waals surface area contributed by atoms with Gasteiger partial charge in [0.05, 0.1) is 4.90 Å². The highest BCUT2D eigenvalue weighted by molar-refractivity contribution is 7.86. The first-order valence-electron chi connectivity index (χ1n) is 8.25. The molecule has 0 saturated heterocycles. The van der Waals surface area contributed by atoms with E-state index in [9.17, 15) is 13.5 Å². The maximum Gasteiger partial charge on any atom is 0.297 e. The van der Waals surface area contributed by atoms with E-state index in [0.29, 0.717) is 11.1 Å². The second-order valence-electron chi connectivity index (χ2n) is 6.05. The maximum atomic E-state index is 12.7. The summed E-state index contributed by atoms with van der Waals surface area (Å²) in [6.07, 6.45) is -2.18. The Morgan fingerprint density at radius 1 is 0.769 bits per heavy atom. The quantitative estimate of drug-likeness (QED) is 0.663. The monoisotopic (exact) mass is 368 g/mol. The number of aliphatic hydroxyl groups excluding tert-OH is 1. The molecule has 0 heterocycles. The molecule has 2 atom stereocenters. The maximum absolute atomic E-state index is 12.7. The van der Waals surface area contributed by atoms with Crippen LogP contribution in [0.15, 0.2) is 89.8 Å². The topological polar surface area (TPSA) is 63.6 Å². The van der Waals surface area contributed by atoms with E-state index in [-0.39, 0.29) is 4.90 Å². The molecule has 0 spiro atoms. The fourth-order valence-corrected chi connectivity index (χ4v) is 3.73. The molecule has 1 N–H and O–H groups in total. The minimum Gasteiger partial charge on any atom is -0.385 e. The lowest BCUT2D eigenvalue weighted by atomic mass is 9.98. The highest BCUT2D eigenvalue weighted by atomic mass is 32.2. The standard InChI is InChI=1S/C21H20O4S/c1-16-12-14-19(15-13-16)26(23,24)25-21(18-10-6-3-7-11-18)20(22)17-8-4-2-5-9-17/h2-15,20-22H,1H3/t20-,21+/m1/s1. The first-order chi connectivity index (χ1) is 12.5. The minimum atomic E-state index is -4.04. The molecule has 3 aromatic carbocycles. The summed E-state index contributed by atoms with van der Waals surface area (Å²) >= 11 is 0. The first-order valence-corrected chi connectivity index (χ1v) is 9.66. The SMILES string of the molecule is Cc1ccc(S(=O)(=O)O[C@@H](c2ccccc2)[C@H](O)c2ccccc2)cc1. The molecule has 3 rings (SSSR count). The zero-order valence-electron chi connectivity index (χ0n) is 14.3. The van der Waals surface area contributed by atoms with Crippen molar-refractivity contribution < 1.29 is 17.7 Å². The molecule has 0 amide bonds. The molecule has 0 aliphatic heterocycles. The van der Waals surface area contributed by atoms with E-state index in [0.717, 1.165) is 5.56 Å². The summed E-state index contributed by atoms with van der Waals surface area (Å²) < 4.78 is 30.9. The van der Waals surface area contributed by atoms with Crippen molar-refractivity contribution in [1.29, 1.82) is 0 Å². The Hall–Kier alpha value is -2.47. The van der Waals surface area contributed by atoms with Crippen LogP contribution in [0.2, 0.25) is 0 Å². The van der Waals surface area contributed by atoms with Gasteiger partial charge in [0.15, 0.2) is 0 Å². The van der Waals surface area contributed by atoms with Crippen LogP contribution in [0.5, 0.6) is 0 Å². The van der Waals surface area contributed by atoms with Gasteiger partial charge in [-0.2, -0.15) is 8.42 Å². The Balaban J connectivity index is 1.97. The molecule has 3 aromatic rings. The summed E-state index contributed by atoms with van der Waals surface area (Å²) in [6.45, 7) is 1.88. The molecule has 0 aliphatic carbocycles. The highest BCUT2D eigenvalue weighted by Gasteiger charge is 2.30. The molecule has 0 bridgehead atoms. The molecular weight excluding hydrogens is 348 g/mol.